The van der Waals surface area contributed by atoms with Crippen molar-refractivity contribution in [3.63, 3.8) is 0 Å². The van der Waals surface area contributed by atoms with E-state index in [4.69, 9.17) is 21.1 Å². The van der Waals surface area contributed by atoms with E-state index in [0.29, 0.717) is 11.4 Å². The fourth-order valence-corrected chi connectivity index (χ4v) is 2.41. The van der Waals surface area contributed by atoms with Crippen LogP contribution in [0.25, 0.3) is 0 Å². The SMILES string of the molecule is CNc1nc(Cl)ncc1OCC(OC)c1ccc(C)cc1C(F)(F)F. The topological polar surface area (TPSA) is 56.3 Å². The molecule has 136 valence electrons. The highest BCUT2D eigenvalue weighted by molar-refractivity contribution is 6.28. The quantitative estimate of drug-likeness (QED) is 0.764. The third-order valence-corrected chi connectivity index (χ3v) is 3.68. The molecule has 25 heavy (non-hydrogen) atoms. The van der Waals surface area contributed by atoms with Crippen molar-refractivity contribution in [2.24, 2.45) is 0 Å². The minimum Gasteiger partial charge on any atom is -0.485 e. The fourth-order valence-electron chi connectivity index (χ4n) is 2.28. The van der Waals surface area contributed by atoms with E-state index in [9.17, 15) is 13.2 Å². The van der Waals surface area contributed by atoms with Crippen LogP contribution >= 0.6 is 11.6 Å². The van der Waals surface area contributed by atoms with Gasteiger partial charge in [0.25, 0.3) is 0 Å². The van der Waals surface area contributed by atoms with Crippen molar-refractivity contribution >= 4 is 17.4 Å². The number of anilines is 1. The molecule has 1 heterocycles. The third kappa shape index (κ3) is 4.73. The number of aryl methyl sites for hydroxylation is 1. The summed E-state index contributed by atoms with van der Waals surface area (Å²) in [6.07, 6.45) is -4.07. The summed E-state index contributed by atoms with van der Waals surface area (Å²) in [5, 5.41) is 2.81. The van der Waals surface area contributed by atoms with Gasteiger partial charge in [0, 0.05) is 14.2 Å². The Kier molecular flexibility index (Phi) is 6.07. The molecule has 0 saturated heterocycles. The van der Waals surface area contributed by atoms with E-state index in [0.717, 1.165) is 6.07 Å². The highest BCUT2D eigenvalue weighted by atomic mass is 35.5. The van der Waals surface area contributed by atoms with Crippen LogP contribution in [0.5, 0.6) is 5.75 Å². The summed E-state index contributed by atoms with van der Waals surface area (Å²) in [7, 11) is 2.94. The summed E-state index contributed by atoms with van der Waals surface area (Å²) in [5.41, 5.74) is -0.235. The molecule has 0 amide bonds. The fraction of sp³-hybridized carbons (Fsp3) is 0.375. The van der Waals surface area contributed by atoms with Crippen molar-refractivity contribution in [1.29, 1.82) is 0 Å². The first-order valence-corrected chi connectivity index (χ1v) is 7.67. The number of hydrogen-bond donors (Lipinski definition) is 1. The average molecular weight is 376 g/mol. The van der Waals surface area contributed by atoms with Gasteiger partial charge in [0.2, 0.25) is 5.28 Å². The molecule has 0 fully saturated rings. The predicted molar refractivity (Wildman–Crippen MR) is 88.0 cm³/mol. The van der Waals surface area contributed by atoms with Crippen molar-refractivity contribution in [3.05, 3.63) is 46.4 Å². The van der Waals surface area contributed by atoms with Crippen LogP contribution in [0.2, 0.25) is 5.28 Å². The molecular weight excluding hydrogens is 359 g/mol. The Morgan fingerprint density at radius 3 is 2.64 bits per heavy atom. The van der Waals surface area contributed by atoms with Crippen molar-refractivity contribution in [2.45, 2.75) is 19.2 Å². The monoisotopic (exact) mass is 375 g/mol. The molecule has 1 atom stereocenters. The normalized spacial score (nSPS) is 12.8. The molecule has 2 rings (SSSR count). The van der Waals surface area contributed by atoms with E-state index in [2.05, 4.69) is 15.3 Å². The molecule has 2 aromatic rings. The van der Waals surface area contributed by atoms with Crippen LogP contribution in [0.1, 0.15) is 22.8 Å². The number of halogens is 4. The van der Waals surface area contributed by atoms with E-state index >= 15 is 0 Å². The largest absolute Gasteiger partial charge is 0.485 e. The number of ether oxygens (including phenoxy) is 2. The maximum Gasteiger partial charge on any atom is 0.416 e. The Balaban J connectivity index is 2.27. The average Bonchev–Trinajstić information content (AvgIpc) is 2.56. The zero-order valence-corrected chi connectivity index (χ0v) is 14.6. The van der Waals surface area contributed by atoms with Gasteiger partial charge in [-0.3, -0.25) is 0 Å². The second-order valence-electron chi connectivity index (χ2n) is 5.23. The van der Waals surface area contributed by atoms with Crippen LogP contribution in [0.3, 0.4) is 0 Å². The zero-order valence-electron chi connectivity index (χ0n) is 13.8. The first kappa shape index (κ1) is 19.3. The Morgan fingerprint density at radius 2 is 2.04 bits per heavy atom. The standard InChI is InChI=1S/C16H17ClF3N3O2/c1-9-4-5-10(11(6-9)16(18,19)20)13(24-3)8-25-12-7-22-15(17)23-14(12)21-2/h4-7,13H,8H2,1-3H3,(H,21,22,23). The number of nitrogens with zero attached hydrogens (tertiary/aromatic N) is 2. The minimum atomic E-state index is -4.49. The molecule has 0 aliphatic carbocycles. The molecule has 0 spiro atoms. The summed E-state index contributed by atoms with van der Waals surface area (Å²) in [5.74, 6) is 0.587. The molecule has 1 aromatic carbocycles. The van der Waals surface area contributed by atoms with Gasteiger partial charge in [0.1, 0.15) is 12.7 Å². The number of aromatic nitrogens is 2. The smallest absolute Gasteiger partial charge is 0.416 e. The number of nitrogens with one attached hydrogen (secondary N) is 1. The van der Waals surface area contributed by atoms with Gasteiger partial charge >= 0.3 is 6.18 Å². The number of methoxy groups -OCH3 is 1. The maximum atomic E-state index is 13.3. The Bertz CT molecular complexity index is 741. The van der Waals surface area contributed by atoms with Crippen LogP contribution in [0, 0.1) is 6.92 Å². The van der Waals surface area contributed by atoms with Crippen molar-refractivity contribution in [1.82, 2.24) is 9.97 Å². The van der Waals surface area contributed by atoms with Gasteiger partial charge in [-0.15, -0.1) is 0 Å². The molecule has 0 aliphatic rings. The zero-order chi connectivity index (χ0) is 18.6. The van der Waals surface area contributed by atoms with Gasteiger partial charge in [0.05, 0.1) is 11.8 Å². The molecular formula is C16H17ClF3N3O2. The van der Waals surface area contributed by atoms with E-state index < -0.39 is 17.8 Å². The lowest BCUT2D eigenvalue weighted by Gasteiger charge is -2.22. The lowest BCUT2D eigenvalue weighted by molar-refractivity contribution is -0.139. The van der Waals surface area contributed by atoms with Crippen molar-refractivity contribution in [2.75, 3.05) is 26.1 Å². The summed E-state index contributed by atoms with van der Waals surface area (Å²) in [6, 6.07) is 4.08. The highest BCUT2D eigenvalue weighted by Gasteiger charge is 2.35. The number of alkyl halides is 3. The lowest BCUT2D eigenvalue weighted by Crippen LogP contribution is -2.19. The highest BCUT2D eigenvalue weighted by Crippen LogP contribution is 2.36. The Morgan fingerprint density at radius 1 is 1.32 bits per heavy atom. The van der Waals surface area contributed by atoms with Gasteiger partial charge in [0.15, 0.2) is 11.6 Å². The maximum absolute atomic E-state index is 13.3. The van der Waals surface area contributed by atoms with Crippen LogP contribution in [-0.2, 0) is 10.9 Å². The molecule has 0 saturated carbocycles. The van der Waals surface area contributed by atoms with Crippen LogP contribution < -0.4 is 10.1 Å². The van der Waals surface area contributed by atoms with Gasteiger partial charge in [-0.25, -0.2) is 4.98 Å². The van der Waals surface area contributed by atoms with Gasteiger partial charge in [-0.05, 0) is 30.2 Å². The molecule has 1 aromatic heterocycles. The first-order chi connectivity index (χ1) is 11.8. The third-order valence-electron chi connectivity index (χ3n) is 3.50. The van der Waals surface area contributed by atoms with Gasteiger partial charge in [-0.1, -0.05) is 17.7 Å². The van der Waals surface area contributed by atoms with E-state index in [1.54, 1.807) is 20.0 Å². The summed E-state index contributed by atoms with van der Waals surface area (Å²) >= 11 is 5.70. The van der Waals surface area contributed by atoms with Gasteiger partial charge in [-0.2, -0.15) is 18.2 Å². The molecule has 1 unspecified atom stereocenters. The van der Waals surface area contributed by atoms with Crippen molar-refractivity contribution < 1.29 is 22.6 Å². The molecule has 1 N–H and O–H groups in total. The van der Waals surface area contributed by atoms with E-state index in [-0.39, 0.29) is 23.2 Å². The van der Waals surface area contributed by atoms with Crippen molar-refractivity contribution in [3.8, 4) is 5.75 Å². The molecule has 5 nitrogen and oxygen atoms in total. The second-order valence-corrected chi connectivity index (χ2v) is 5.56. The summed E-state index contributed by atoms with van der Waals surface area (Å²) in [4.78, 5) is 7.74. The molecule has 0 radical (unpaired) electrons. The van der Waals surface area contributed by atoms with Crippen LogP contribution in [0.4, 0.5) is 19.0 Å². The lowest BCUT2D eigenvalue weighted by atomic mass is 9.99. The minimum absolute atomic E-state index is 0.00138. The molecule has 9 heteroatoms. The molecule has 0 aliphatic heterocycles. The first-order valence-electron chi connectivity index (χ1n) is 7.30. The van der Waals surface area contributed by atoms with Crippen LogP contribution in [-0.4, -0.2) is 30.7 Å². The predicted octanol–water partition coefficient (Wildman–Crippen LogP) is 4.27. The summed E-state index contributed by atoms with van der Waals surface area (Å²) < 4.78 is 50.7. The van der Waals surface area contributed by atoms with E-state index in [1.807, 2.05) is 0 Å². The number of hydrogen-bond acceptors (Lipinski definition) is 5. The molecule has 0 bridgehead atoms. The second kappa shape index (κ2) is 7.88. The van der Waals surface area contributed by atoms with Crippen LogP contribution in [0.15, 0.2) is 24.4 Å². The number of rotatable bonds is 6. The van der Waals surface area contributed by atoms with Gasteiger partial charge < -0.3 is 14.8 Å². The number of benzene rings is 1. The summed E-state index contributed by atoms with van der Waals surface area (Å²) in [6.45, 7) is 1.45. The van der Waals surface area contributed by atoms with E-state index in [1.165, 1.54) is 19.4 Å². The Labute approximate surface area is 148 Å². The Hall–Kier alpha value is -2.06.